The van der Waals surface area contributed by atoms with Crippen molar-refractivity contribution in [1.82, 2.24) is 14.7 Å². The molecule has 9 heteroatoms. The molecule has 1 unspecified atom stereocenters. The molecule has 7 nitrogen and oxygen atoms in total. The number of rotatable bonds is 8. The Bertz CT molecular complexity index is 1160. The van der Waals surface area contributed by atoms with E-state index in [2.05, 4.69) is 10.6 Å². The number of para-hydroxylation sites is 1. The van der Waals surface area contributed by atoms with E-state index in [4.69, 9.17) is 0 Å². The number of aromatic nitrogens is 2. The van der Waals surface area contributed by atoms with Crippen LogP contribution in [0.4, 0.5) is 10.1 Å². The average Bonchev–Trinajstić information content (AvgIpc) is 3.00. The van der Waals surface area contributed by atoms with Gasteiger partial charge < -0.3 is 10.6 Å². The Hall–Kier alpha value is -3.33. The number of halogens is 1. The minimum Gasteiger partial charge on any atom is -0.351 e. The van der Waals surface area contributed by atoms with Crippen LogP contribution in [-0.4, -0.2) is 32.2 Å². The predicted molar refractivity (Wildman–Crippen MR) is 125 cm³/mol. The first-order valence-electron chi connectivity index (χ1n) is 10.1. The molecular formula is C23H25FN4O3S. The second-order valence-electron chi connectivity index (χ2n) is 7.28. The van der Waals surface area contributed by atoms with E-state index in [-0.39, 0.29) is 41.2 Å². The molecule has 2 aromatic carbocycles. The summed E-state index contributed by atoms with van der Waals surface area (Å²) >= 11 is 1.17. The molecule has 168 valence electrons. The van der Waals surface area contributed by atoms with Gasteiger partial charge in [0.1, 0.15) is 11.5 Å². The molecule has 1 atom stereocenters. The monoisotopic (exact) mass is 456 g/mol. The van der Waals surface area contributed by atoms with E-state index in [1.54, 1.807) is 37.7 Å². The predicted octanol–water partition coefficient (Wildman–Crippen LogP) is 3.00. The number of thioether (sulfide) groups is 1. The molecule has 3 rings (SSSR count). The number of carbonyl (C=O) groups is 2. The SMILES string of the molecule is Cc1c(NC(=O)C(C)SCC(=O)NCc2ccc(F)cc2)c(=O)n(-c2ccccc2)n1C. The molecule has 0 saturated carbocycles. The van der Waals surface area contributed by atoms with Gasteiger partial charge in [-0.2, -0.15) is 0 Å². The fourth-order valence-electron chi connectivity index (χ4n) is 3.07. The quantitative estimate of drug-likeness (QED) is 0.546. The molecule has 1 heterocycles. The molecular weight excluding hydrogens is 431 g/mol. The summed E-state index contributed by atoms with van der Waals surface area (Å²) in [4.78, 5) is 37.6. The fourth-order valence-corrected chi connectivity index (χ4v) is 3.78. The molecule has 0 bridgehead atoms. The maximum absolute atomic E-state index is 12.9. The van der Waals surface area contributed by atoms with Gasteiger partial charge in [-0.3, -0.25) is 19.1 Å². The second kappa shape index (κ2) is 10.3. The van der Waals surface area contributed by atoms with Crippen molar-refractivity contribution in [2.45, 2.75) is 25.6 Å². The van der Waals surface area contributed by atoms with Crippen LogP contribution in [0.15, 0.2) is 59.4 Å². The molecule has 2 N–H and O–H groups in total. The van der Waals surface area contributed by atoms with Crippen molar-refractivity contribution in [2.75, 3.05) is 11.1 Å². The van der Waals surface area contributed by atoms with Crippen LogP contribution in [0.5, 0.6) is 0 Å². The lowest BCUT2D eigenvalue weighted by atomic mass is 10.2. The van der Waals surface area contributed by atoms with Crippen molar-refractivity contribution >= 4 is 29.3 Å². The van der Waals surface area contributed by atoms with Gasteiger partial charge in [-0.05, 0) is 43.7 Å². The number of benzene rings is 2. The number of carbonyl (C=O) groups excluding carboxylic acids is 2. The number of nitrogens with zero attached hydrogens (tertiary/aromatic N) is 2. The van der Waals surface area contributed by atoms with Gasteiger partial charge in [-0.1, -0.05) is 30.3 Å². The third-order valence-electron chi connectivity index (χ3n) is 5.04. The first-order valence-corrected chi connectivity index (χ1v) is 11.1. The summed E-state index contributed by atoms with van der Waals surface area (Å²) in [6, 6.07) is 15.0. The topological polar surface area (TPSA) is 85.1 Å². The lowest BCUT2D eigenvalue weighted by Gasteiger charge is -2.11. The lowest BCUT2D eigenvalue weighted by Crippen LogP contribution is -2.30. The smallest absolute Gasteiger partial charge is 0.295 e. The Morgan fingerprint density at radius 1 is 1.09 bits per heavy atom. The molecule has 0 aliphatic carbocycles. The Balaban J connectivity index is 1.57. The number of amides is 2. The van der Waals surface area contributed by atoms with Crippen molar-refractivity contribution in [3.8, 4) is 5.69 Å². The van der Waals surface area contributed by atoms with E-state index in [0.29, 0.717) is 11.4 Å². The maximum Gasteiger partial charge on any atom is 0.295 e. The van der Waals surface area contributed by atoms with Crippen molar-refractivity contribution in [1.29, 1.82) is 0 Å². The zero-order valence-corrected chi connectivity index (χ0v) is 18.9. The van der Waals surface area contributed by atoms with Crippen LogP contribution in [0, 0.1) is 12.7 Å². The first kappa shape index (κ1) is 23.3. The maximum atomic E-state index is 12.9. The van der Waals surface area contributed by atoms with Crippen molar-refractivity contribution < 1.29 is 14.0 Å². The highest BCUT2D eigenvalue weighted by atomic mass is 32.2. The summed E-state index contributed by atoms with van der Waals surface area (Å²) in [5.74, 6) is -0.842. The fraction of sp³-hybridized carbons (Fsp3) is 0.261. The van der Waals surface area contributed by atoms with Crippen LogP contribution in [-0.2, 0) is 23.2 Å². The molecule has 0 aliphatic rings. The minimum absolute atomic E-state index is 0.0812. The van der Waals surface area contributed by atoms with Crippen LogP contribution < -0.4 is 16.2 Å². The Kier molecular flexibility index (Phi) is 7.53. The van der Waals surface area contributed by atoms with E-state index in [9.17, 15) is 18.8 Å². The molecule has 1 aromatic heterocycles. The van der Waals surface area contributed by atoms with E-state index < -0.39 is 5.25 Å². The molecule has 0 spiro atoms. The molecule has 32 heavy (non-hydrogen) atoms. The summed E-state index contributed by atoms with van der Waals surface area (Å²) in [5.41, 5.74) is 2.00. The van der Waals surface area contributed by atoms with Crippen molar-refractivity contribution in [3.05, 3.63) is 82.0 Å². The first-order chi connectivity index (χ1) is 15.3. The third kappa shape index (κ3) is 5.47. The minimum atomic E-state index is -0.546. The van der Waals surface area contributed by atoms with Gasteiger partial charge >= 0.3 is 0 Å². The molecule has 0 fully saturated rings. The number of anilines is 1. The van der Waals surface area contributed by atoms with Crippen LogP contribution in [0.25, 0.3) is 5.69 Å². The zero-order chi connectivity index (χ0) is 23.3. The Morgan fingerprint density at radius 2 is 1.75 bits per heavy atom. The zero-order valence-electron chi connectivity index (χ0n) is 18.1. The van der Waals surface area contributed by atoms with Crippen LogP contribution in [0.2, 0.25) is 0 Å². The summed E-state index contributed by atoms with van der Waals surface area (Å²) < 4.78 is 16.1. The Morgan fingerprint density at radius 3 is 2.41 bits per heavy atom. The molecule has 0 aliphatic heterocycles. The second-order valence-corrected chi connectivity index (χ2v) is 8.61. The number of hydrogen-bond donors (Lipinski definition) is 2. The van der Waals surface area contributed by atoms with Gasteiger partial charge in [-0.25, -0.2) is 9.07 Å². The van der Waals surface area contributed by atoms with E-state index in [0.717, 1.165) is 5.56 Å². The van der Waals surface area contributed by atoms with E-state index in [1.165, 1.54) is 28.6 Å². The van der Waals surface area contributed by atoms with Crippen LogP contribution in [0.1, 0.15) is 18.2 Å². The highest BCUT2D eigenvalue weighted by Crippen LogP contribution is 2.17. The van der Waals surface area contributed by atoms with Gasteiger partial charge in [0.05, 0.1) is 22.4 Å². The van der Waals surface area contributed by atoms with Crippen molar-refractivity contribution in [2.24, 2.45) is 7.05 Å². The van der Waals surface area contributed by atoms with Gasteiger partial charge in [-0.15, -0.1) is 11.8 Å². The Labute approximate surface area is 189 Å². The van der Waals surface area contributed by atoms with E-state index in [1.807, 2.05) is 30.3 Å². The highest BCUT2D eigenvalue weighted by Gasteiger charge is 2.21. The summed E-state index contributed by atoms with van der Waals surface area (Å²) in [7, 11) is 1.75. The third-order valence-corrected chi connectivity index (χ3v) is 6.18. The van der Waals surface area contributed by atoms with E-state index >= 15 is 0 Å². The largest absolute Gasteiger partial charge is 0.351 e. The van der Waals surface area contributed by atoms with Gasteiger partial charge in [0, 0.05) is 13.6 Å². The van der Waals surface area contributed by atoms with Crippen molar-refractivity contribution in [3.63, 3.8) is 0 Å². The molecule has 0 radical (unpaired) electrons. The molecule has 0 saturated heterocycles. The number of hydrogen-bond acceptors (Lipinski definition) is 4. The summed E-state index contributed by atoms with van der Waals surface area (Å²) in [5, 5.41) is 4.91. The van der Waals surface area contributed by atoms with Crippen LogP contribution in [0.3, 0.4) is 0 Å². The molecule has 2 amide bonds. The summed E-state index contributed by atoms with van der Waals surface area (Å²) in [6.07, 6.45) is 0. The van der Waals surface area contributed by atoms with Gasteiger partial charge in [0.25, 0.3) is 5.56 Å². The van der Waals surface area contributed by atoms with Gasteiger partial charge in [0.15, 0.2) is 0 Å². The summed E-state index contributed by atoms with van der Waals surface area (Å²) in [6.45, 7) is 3.72. The molecule has 3 aromatic rings. The lowest BCUT2D eigenvalue weighted by molar-refractivity contribution is -0.118. The van der Waals surface area contributed by atoms with Crippen LogP contribution >= 0.6 is 11.8 Å². The normalized spacial score (nSPS) is 11.8. The highest BCUT2D eigenvalue weighted by molar-refractivity contribution is 8.01. The average molecular weight is 457 g/mol. The van der Waals surface area contributed by atoms with Gasteiger partial charge in [0.2, 0.25) is 11.8 Å². The standard InChI is InChI=1S/C23H25FN4O3S/c1-15-21(23(31)28(27(15)3)19-7-5-4-6-8-19)26-22(30)16(2)32-14-20(29)25-13-17-9-11-18(24)12-10-17/h4-12,16H,13-14H2,1-3H3,(H,25,29)(H,26,30). The number of nitrogens with one attached hydrogen (secondary N) is 2.